The molecule has 0 aliphatic heterocycles. The maximum absolute atomic E-state index is 13.5. The number of benzene rings is 2. The minimum atomic E-state index is -0.427. The standard InChI is InChI=1S/C27H25FN2O4/c1-14-13-33-25-16(3)26-21(11-20(14)25)15(2)19(27(32)34-26)5-7-24(31)29-9-8-17-12-30-23-6-4-18(28)10-22(17)23/h4,6,10-13,30H,5,7-9H2,1-3H3,(H,29,31). The highest BCUT2D eigenvalue weighted by Gasteiger charge is 2.18. The van der Waals surface area contributed by atoms with Gasteiger partial charge >= 0.3 is 5.63 Å². The van der Waals surface area contributed by atoms with Crippen LogP contribution in [0.4, 0.5) is 4.39 Å². The van der Waals surface area contributed by atoms with E-state index in [0.717, 1.165) is 49.5 Å². The lowest BCUT2D eigenvalue weighted by atomic mass is 9.98. The smallest absolute Gasteiger partial charge is 0.339 e. The van der Waals surface area contributed by atoms with Crippen molar-refractivity contribution in [1.29, 1.82) is 0 Å². The number of aromatic amines is 1. The number of aromatic nitrogens is 1. The Labute approximate surface area is 194 Å². The van der Waals surface area contributed by atoms with Crippen LogP contribution in [0.5, 0.6) is 0 Å². The van der Waals surface area contributed by atoms with Crippen LogP contribution in [0.2, 0.25) is 0 Å². The molecule has 0 atom stereocenters. The highest BCUT2D eigenvalue weighted by Crippen LogP contribution is 2.32. The Kier molecular flexibility index (Phi) is 5.48. The van der Waals surface area contributed by atoms with E-state index in [9.17, 15) is 14.0 Å². The van der Waals surface area contributed by atoms with Crippen LogP contribution in [0.25, 0.3) is 32.8 Å². The molecule has 0 aliphatic rings. The van der Waals surface area contributed by atoms with Crippen LogP contribution in [-0.4, -0.2) is 17.4 Å². The number of carbonyl (C=O) groups is 1. The van der Waals surface area contributed by atoms with Crippen LogP contribution in [0, 0.1) is 26.6 Å². The molecule has 3 heterocycles. The molecule has 3 aromatic heterocycles. The first kappa shape index (κ1) is 21.9. The van der Waals surface area contributed by atoms with Crippen LogP contribution in [0.1, 0.15) is 34.2 Å². The largest absolute Gasteiger partial charge is 0.464 e. The fraction of sp³-hybridized carbons (Fsp3) is 0.259. The lowest BCUT2D eigenvalue weighted by Crippen LogP contribution is -2.26. The second-order valence-corrected chi connectivity index (χ2v) is 8.77. The molecule has 0 saturated carbocycles. The summed E-state index contributed by atoms with van der Waals surface area (Å²) in [5.41, 5.74) is 5.76. The molecule has 0 saturated heterocycles. The minimum absolute atomic E-state index is 0.151. The molecule has 0 radical (unpaired) electrons. The summed E-state index contributed by atoms with van der Waals surface area (Å²) in [6, 6.07) is 6.59. The maximum Gasteiger partial charge on any atom is 0.339 e. The minimum Gasteiger partial charge on any atom is -0.464 e. The summed E-state index contributed by atoms with van der Waals surface area (Å²) >= 11 is 0. The Bertz CT molecular complexity index is 1620. The van der Waals surface area contributed by atoms with Crippen molar-refractivity contribution in [3.63, 3.8) is 0 Å². The molecule has 0 aliphatic carbocycles. The third-order valence-corrected chi connectivity index (χ3v) is 6.58. The van der Waals surface area contributed by atoms with Gasteiger partial charge < -0.3 is 19.1 Å². The zero-order chi connectivity index (χ0) is 24.0. The van der Waals surface area contributed by atoms with E-state index in [0.29, 0.717) is 24.1 Å². The van der Waals surface area contributed by atoms with Gasteiger partial charge in [0.15, 0.2) is 0 Å². The van der Waals surface area contributed by atoms with Gasteiger partial charge in [0.05, 0.1) is 6.26 Å². The lowest BCUT2D eigenvalue weighted by molar-refractivity contribution is -0.121. The van der Waals surface area contributed by atoms with Crippen molar-refractivity contribution in [2.24, 2.45) is 0 Å². The Hall–Kier alpha value is -3.87. The number of H-pyrrole nitrogens is 1. The van der Waals surface area contributed by atoms with Gasteiger partial charge in [0.25, 0.3) is 0 Å². The van der Waals surface area contributed by atoms with E-state index in [1.165, 1.54) is 12.1 Å². The lowest BCUT2D eigenvalue weighted by Gasteiger charge is -2.10. The van der Waals surface area contributed by atoms with E-state index in [1.807, 2.05) is 33.0 Å². The van der Waals surface area contributed by atoms with E-state index in [1.54, 1.807) is 12.3 Å². The molecule has 5 aromatic rings. The van der Waals surface area contributed by atoms with Crippen LogP contribution in [0.3, 0.4) is 0 Å². The molecule has 0 spiro atoms. The number of nitrogens with one attached hydrogen (secondary N) is 2. The number of rotatable bonds is 6. The average Bonchev–Trinajstić information content (AvgIpc) is 3.38. The monoisotopic (exact) mass is 460 g/mol. The Balaban J connectivity index is 1.29. The number of halogens is 1. The summed E-state index contributed by atoms with van der Waals surface area (Å²) in [5.74, 6) is -0.442. The normalized spacial score (nSPS) is 11.6. The average molecular weight is 461 g/mol. The number of amides is 1. The van der Waals surface area contributed by atoms with E-state index in [-0.39, 0.29) is 24.6 Å². The number of hydrogen-bond acceptors (Lipinski definition) is 4. The molecular weight excluding hydrogens is 435 g/mol. The molecule has 34 heavy (non-hydrogen) atoms. The molecule has 174 valence electrons. The molecule has 0 fully saturated rings. The van der Waals surface area contributed by atoms with Gasteiger partial charge in [0, 0.05) is 52.0 Å². The van der Waals surface area contributed by atoms with Crippen molar-refractivity contribution in [1.82, 2.24) is 10.3 Å². The number of aryl methyl sites for hydroxylation is 3. The molecule has 2 N–H and O–H groups in total. The van der Waals surface area contributed by atoms with Crippen molar-refractivity contribution in [3.05, 3.63) is 80.8 Å². The van der Waals surface area contributed by atoms with Gasteiger partial charge in [0.1, 0.15) is 17.0 Å². The highest BCUT2D eigenvalue weighted by atomic mass is 19.1. The first-order valence-corrected chi connectivity index (χ1v) is 11.3. The van der Waals surface area contributed by atoms with Gasteiger partial charge in [-0.1, -0.05) is 0 Å². The predicted octanol–water partition coefficient (Wildman–Crippen LogP) is 5.38. The van der Waals surface area contributed by atoms with Crippen LogP contribution >= 0.6 is 0 Å². The molecule has 5 rings (SSSR count). The fourth-order valence-corrected chi connectivity index (χ4v) is 4.63. The molecule has 7 heteroatoms. The zero-order valence-electron chi connectivity index (χ0n) is 19.3. The van der Waals surface area contributed by atoms with Crippen molar-refractivity contribution < 1.29 is 18.0 Å². The van der Waals surface area contributed by atoms with Gasteiger partial charge in [0.2, 0.25) is 5.91 Å². The Morgan fingerprint density at radius 2 is 1.85 bits per heavy atom. The van der Waals surface area contributed by atoms with Gasteiger partial charge in [-0.05, 0) is 74.6 Å². The Morgan fingerprint density at radius 1 is 1.03 bits per heavy atom. The Morgan fingerprint density at radius 3 is 2.68 bits per heavy atom. The van der Waals surface area contributed by atoms with E-state index in [4.69, 9.17) is 8.83 Å². The van der Waals surface area contributed by atoms with Gasteiger partial charge in [-0.15, -0.1) is 0 Å². The second-order valence-electron chi connectivity index (χ2n) is 8.77. The summed E-state index contributed by atoms with van der Waals surface area (Å²) in [4.78, 5) is 28.3. The van der Waals surface area contributed by atoms with Gasteiger partial charge in [-0.25, -0.2) is 9.18 Å². The predicted molar refractivity (Wildman–Crippen MR) is 130 cm³/mol. The zero-order valence-corrected chi connectivity index (χ0v) is 19.3. The quantitative estimate of drug-likeness (QED) is 0.333. The van der Waals surface area contributed by atoms with Gasteiger partial charge in [-0.2, -0.15) is 0 Å². The summed E-state index contributed by atoms with van der Waals surface area (Å²) in [7, 11) is 0. The third kappa shape index (κ3) is 3.77. The van der Waals surface area contributed by atoms with Crippen LogP contribution < -0.4 is 10.9 Å². The van der Waals surface area contributed by atoms with E-state index in [2.05, 4.69) is 10.3 Å². The number of carbonyl (C=O) groups excluding carboxylic acids is 1. The molecular formula is C27H25FN2O4. The number of hydrogen-bond donors (Lipinski definition) is 2. The molecule has 0 unspecified atom stereocenters. The number of furan rings is 1. The SMILES string of the molecule is Cc1coc2c(C)c3oc(=O)c(CCC(=O)NCCc4c[nH]c5ccc(F)cc45)c(C)c3cc12. The van der Waals surface area contributed by atoms with Gasteiger partial charge in [-0.3, -0.25) is 4.79 Å². The first-order chi connectivity index (χ1) is 16.3. The third-order valence-electron chi connectivity index (χ3n) is 6.58. The molecule has 0 bridgehead atoms. The van der Waals surface area contributed by atoms with Crippen molar-refractivity contribution >= 4 is 38.7 Å². The maximum atomic E-state index is 13.5. The summed E-state index contributed by atoms with van der Waals surface area (Å²) in [6.07, 6.45) is 4.57. The summed E-state index contributed by atoms with van der Waals surface area (Å²) < 4.78 is 24.8. The van der Waals surface area contributed by atoms with Crippen molar-refractivity contribution in [2.45, 2.75) is 40.0 Å². The molecule has 1 amide bonds. The van der Waals surface area contributed by atoms with E-state index >= 15 is 0 Å². The van der Waals surface area contributed by atoms with Crippen molar-refractivity contribution in [3.8, 4) is 0 Å². The fourth-order valence-electron chi connectivity index (χ4n) is 4.63. The molecule has 2 aromatic carbocycles. The first-order valence-electron chi connectivity index (χ1n) is 11.3. The topological polar surface area (TPSA) is 88.2 Å². The number of fused-ring (bicyclic) bond motifs is 3. The second kappa shape index (κ2) is 8.48. The molecule has 6 nitrogen and oxygen atoms in total. The summed E-state index contributed by atoms with van der Waals surface area (Å²) in [5, 5.41) is 5.55. The summed E-state index contributed by atoms with van der Waals surface area (Å²) in [6.45, 7) is 6.17. The highest BCUT2D eigenvalue weighted by molar-refractivity contribution is 5.99. The van der Waals surface area contributed by atoms with Crippen molar-refractivity contribution in [2.75, 3.05) is 6.54 Å². The van der Waals surface area contributed by atoms with E-state index < -0.39 is 5.63 Å². The van der Waals surface area contributed by atoms with Crippen LogP contribution in [-0.2, 0) is 17.6 Å². The van der Waals surface area contributed by atoms with Crippen LogP contribution in [0.15, 0.2) is 50.4 Å².